The quantitative estimate of drug-likeness (QED) is 0.631. The third kappa shape index (κ3) is 5.42. The smallest absolute Gasteiger partial charge is 0.240 e. The number of aromatic nitrogens is 1. The number of hydrogen-bond donors (Lipinski definition) is 1. The predicted molar refractivity (Wildman–Crippen MR) is 124 cm³/mol. The van der Waals surface area contributed by atoms with Crippen LogP contribution in [0.15, 0.2) is 24.3 Å². The molecule has 166 valence electrons. The Morgan fingerprint density at radius 2 is 2.13 bits per heavy atom. The highest BCUT2D eigenvalue weighted by molar-refractivity contribution is 7.11. The average molecular weight is 442 g/mol. The molecule has 0 bridgehead atoms. The monoisotopic (exact) mass is 441 g/mol. The number of carbonyl (C=O) groups is 1. The first-order valence-electron chi connectivity index (χ1n) is 10.6. The second-order valence-electron chi connectivity index (χ2n) is 8.53. The van der Waals surface area contributed by atoms with Gasteiger partial charge in [-0.05, 0) is 49.0 Å². The van der Waals surface area contributed by atoms with Gasteiger partial charge in [0.1, 0.15) is 17.6 Å². The minimum Gasteiger partial charge on any atom is -0.371 e. The molecule has 0 spiro atoms. The highest BCUT2D eigenvalue weighted by Gasteiger charge is 2.29. The number of nitrogens with zero attached hydrogens (tertiary/aromatic N) is 4. The second-order valence-corrected chi connectivity index (χ2v) is 9.28. The van der Waals surface area contributed by atoms with Crippen LogP contribution in [0.5, 0.6) is 0 Å². The van der Waals surface area contributed by atoms with Crippen molar-refractivity contribution in [1.29, 1.82) is 5.26 Å². The summed E-state index contributed by atoms with van der Waals surface area (Å²) >= 11 is 1.31. The molecule has 1 aliphatic rings. The Kier molecular flexibility index (Phi) is 7.65. The molecule has 1 aromatic heterocycles. The topological polar surface area (TPSA) is 95.5 Å². The maximum atomic E-state index is 12.3. The van der Waals surface area contributed by atoms with Crippen LogP contribution in [0.1, 0.15) is 37.6 Å². The van der Waals surface area contributed by atoms with Gasteiger partial charge in [-0.25, -0.2) is 0 Å². The number of aryl methyl sites for hydroxylation is 1. The molecule has 1 unspecified atom stereocenters. The summed E-state index contributed by atoms with van der Waals surface area (Å²) in [5.41, 5.74) is 9.70. The number of primary amides is 1. The molecule has 1 aromatic carbocycles. The normalized spacial score (nSPS) is 18.0. The zero-order valence-corrected chi connectivity index (χ0v) is 19.5. The molecule has 2 aromatic rings. The number of nitrogens with two attached hydrogens (primary N) is 1. The minimum absolute atomic E-state index is 0.0642. The summed E-state index contributed by atoms with van der Waals surface area (Å²) in [5, 5.41) is 10.3. The summed E-state index contributed by atoms with van der Waals surface area (Å²) in [6, 6.07) is 9.96. The number of nitriles is 1. The lowest BCUT2D eigenvalue weighted by molar-refractivity contribution is -0.119. The van der Waals surface area contributed by atoms with Gasteiger partial charge in [-0.15, -0.1) is 0 Å². The Morgan fingerprint density at radius 1 is 1.42 bits per heavy atom. The largest absolute Gasteiger partial charge is 0.371 e. The Bertz CT molecular complexity index is 934. The molecule has 7 nitrogen and oxygen atoms in total. The molecule has 0 aliphatic carbocycles. The molecule has 3 rings (SSSR count). The van der Waals surface area contributed by atoms with Gasteiger partial charge < -0.3 is 20.3 Å². The van der Waals surface area contributed by atoms with Gasteiger partial charge in [-0.2, -0.15) is 9.64 Å². The van der Waals surface area contributed by atoms with Gasteiger partial charge in [0, 0.05) is 18.7 Å². The molecular formula is C23H31N5O2S. The van der Waals surface area contributed by atoms with Gasteiger partial charge in [0.15, 0.2) is 0 Å². The lowest BCUT2D eigenvalue weighted by Crippen LogP contribution is -2.46. The molecule has 1 aliphatic heterocycles. The zero-order chi connectivity index (χ0) is 22.5. The average Bonchev–Trinajstić information content (AvgIpc) is 3.11. The van der Waals surface area contributed by atoms with Crippen LogP contribution in [0.4, 0.5) is 5.00 Å². The first kappa shape index (κ1) is 23.2. The van der Waals surface area contributed by atoms with Gasteiger partial charge in [0.25, 0.3) is 0 Å². The fraction of sp³-hybridized carbons (Fsp3) is 0.522. The van der Waals surface area contributed by atoms with Gasteiger partial charge >= 0.3 is 0 Å². The van der Waals surface area contributed by atoms with E-state index in [9.17, 15) is 10.1 Å². The maximum Gasteiger partial charge on any atom is 0.240 e. The van der Waals surface area contributed by atoms with E-state index in [4.69, 9.17) is 10.5 Å². The highest BCUT2D eigenvalue weighted by atomic mass is 32.1. The van der Waals surface area contributed by atoms with E-state index in [2.05, 4.69) is 46.7 Å². The third-order valence-corrected chi connectivity index (χ3v) is 6.56. The Labute approximate surface area is 188 Å². The number of ether oxygens (including phenoxy) is 1. The number of carbonyl (C=O) groups excluding carboxylic acids is 1. The van der Waals surface area contributed by atoms with E-state index in [1.807, 2.05) is 25.7 Å². The van der Waals surface area contributed by atoms with Crippen molar-refractivity contribution < 1.29 is 9.53 Å². The van der Waals surface area contributed by atoms with E-state index in [-0.39, 0.29) is 18.6 Å². The summed E-state index contributed by atoms with van der Waals surface area (Å²) in [5.74, 6) is -0.154. The van der Waals surface area contributed by atoms with Crippen LogP contribution in [-0.2, 0) is 9.53 Å². The number of amides is 1. The molecule has 0 radical (unpaired) electrons. The van der Waals surface area contributed by atoms with E-state index in [1.54, 1.807) is 0 Å². The first-order valence-corrected chi connectivity index (χ1v) is 11.4. The van der Waals surface area contributed by atoms with Crippen LogP contribution in [0.2, 0.25) is 0 Å². The summed E-state index contributed by atoms with van der Waals surface area (Å²) < 4.78 is 10.5. The van der Waals surface area contributed by atoms with Crippen LogP contribution in [0, 0.1) is 24.2 Å². The van der Waals surface area contributed by atoms with E-state index >= 15 is 0 Å². The Hall–Kier alpha value is -2.47. The molecule has 8 heteroatoms. The Balaban J connectivity index is 1.95. The first-order chi connectivity index (χ1) is 14.8. The number of likely N-dealkylation sites (N-methyl/N-ethyl adjacent to an activating group) is 1. The highest BCUT2D eigenvalue weighted by Crippen LogP contribution is 2.39. The van der Waals surface area contributed by atoms with Crippen molar-refractivity contribution in [3.63, 3.8) is 0 Å². The van der Waals surface area contributed by atoms with Crippen LogP contribution < -0.4 is 10.6 Å². The molecule has 31 heavy (non-hydrogen) atoms. The molecule has 1 fully saturated rings. The molecule has 2 atom stereocenters. The fourth-order valence-corrected chi connectivity index (χ4v) is 4.94. The summed E-state index contributed by atoms with van der Waals surface area (Å²) in [6.07, 6.45) is 0.646. The van der Waals surface area contributed by atoms with Crippen molar-refractivity contribution in [3.05, 3.63) is 35.5 Å². The van der Waals surface area contributed by atoms with Crippen molar-refractivity contribution in [1.82, 2.24) is 9.27 Å². The second kappa shape index (κ2) is 10.2. The molecule has 2 N–H and O–H groups in total. The molecule has 2 heterocycles. The molecule has 0 saturated carbocycles. The summed E-state index contributed by atoms with van der Waals surface area (Å²) in [6.45, 7) is 8.67. The van der Waals surface area contributed by atoms with Gasteiger partial charge in [-0.1, -0.05) is 38.1 Å². The SMILES string of the molecule is Cc1nsc(N(CC#N)[C@@H](CC(C)C)C(N)=O)c1-c1ccc(C2CN(C)CCO2)cc1. The third-order valence-electron chi connectivity index (χ3n) is 5.59. The minimum atomic E-state index is -0.552. The van der Waals surface area contributed by atoms with Gasteiger partial charge in [-0.3, -0.25) is 4.79 Å². The number of benzene rings is 1. The lowest BCUT2D eigenvalue weighted by atomic mass is 9.99. The van der Waals surface area contributed by atoms with E-state index in [0.717, 1.165) is 47.1 Å². The Morgan fingerprint density at radius 3 is 2.71 bits per heavy atom. The van der Waals surface area contributed by atoms with Gasteiger partial charge in [0.05, 0.1) is 24.5 Å². The lowest BCUT2D eigenvalue weighted by Gasteiger charge is -2.31. The van der Waals surface area contributed by atoms with Crippen LogP contribution in [-0.4, -0.2) is 54.5 Å². The van der Waals surface area contributed by atoms with E-state index in [0.29, 0.717) is 6.42 Å². The van der Waals surface area contributed by atoms with Gasteiger partial charge in [0.2, 0.25) is 5.91 Å². The standard InChI is InChI=1S/C23H31N5O2S/c1-15(2)13-19(22(25)29)28(10-9-24)23-21(16(3)26-31-23)18-7-5-17(6-8-18)20-14-27(4)11-12-30-20/h5-8,15,19-20H,10-14H2,1-4H3,(H2,25,29)/t19-,20?/m0/s1. The number of morpholine rings is 1. The van der Waals surface area contributed by atoms with Crippen molar-refractivity contribution in [2.45, 2.75) is 39.3 Å². The van der Waals surface area contributed by atoms with Crippen molar-refractivity contribution in [2.24, 2.45) is 11.7 Å². The maximum absolute atomic E-state index is 12.3. The van der Waals surface area contributed by atoms with Crippen molar-refractivity contribution in [2.75, 3.05) is 38.2 Å². The summed E-state index contributed by atoms with van der Waals surface area (Å²) in [4.78, 5) is 16.3. The molecular weight excluding hydrogens is 410 g/mol. The van der Waals surface area contributed by atoms with Crippen molar-refractivity contribution in [3.8, 4) is 17.2 Å². The van der Waals surface area contributed by atoms with Crippen molar-refractivity contribution >= 4 is 22.4 Å². The summed E-state index contributed by atoms with van der Waals surface area (Å²) in [7, 11) is 2.10. The van der Waals surface area contributed by atoms with E-state index in [1.165, 1.54) is 11.5 Å². The van der Waals surface area contributed by atoms with Crippen LogP contribution >= 0.6 is 11.5 Å². The fourth-order valence-electron chi connectivity index (χ4n) is 3.97. The van der Waals surface area contributed by atoms with Crippen LogP contribution in [0.3, 0.4) is 0 Å². The van der Waals surface area contributed by atoms with E-state index < -0.39 is 11.9 Å². The zero-order valence-electron chi connectivity index (χ0n) is 18.7. The molecule has 1 amide bonds. The number of rotatable bonds is 8. The predicted octanol–water partition coefficient (Wildman–Crippen LogP) is 3.35. The molecule has 1 saturated heterocycles. The van der Waals surface area contributed by atoms with Crippen LogP contribution in [0.25, 0.3) is 11.1 Å². The number of hydrogen-bond acceptors (Lipinski definition) is 7. The number of anilines is 1.